The number of pyridine rings is 1. The fourth-order valence-corrected chi connectivity index (χ4v) is 2.06. The van der Waals surface area contributed by atoms with Crippen LogP contribution in [0.3, 0.4) is 0 Å². The van der Waals surface area contributed by atoms with Gasteiger partial charge in [-0.25, -0.2) is 0 Å². The molecule has 0 radical (unpaired) electrons. The molecule has 1 fully saturated rings. The molecule has 1 aromatic carbocycles. The third-order valence-electron chi connectivity index (χ3n) is 3.47. The molecule has 1 saturated carbocycles. The Balaban J connectivity index is 2.20. The first-order valence-electron chi connectivity index (χ1n) is 5.58. The molecular weight excluding hydrogens is 198 g/mol. The van der Waals surface area contributed by atoms with E-state index >= 15 is 0 Å². The van der Waals surface area contributed by atoms with Crippen LogP contribution in [0.2, 0.25) is 0 Å². The highest BCUT2D eigenvalue weighted by atomic mass is 16.1. The molecule has 1 aliphatic rings. The number of fused-ring (bicyclic) bond motifs is 1. The Bertz CT molecular complexity index is 564. The molecule has 2 nitrogen and oxygen atoms in total. The molecule has 0 spiro atoms. The van der Waals surface area contributed by atoms with Crippen molar-refractivity contribution in [1.29, 1.82) is 0 Å². The van der Waals surface area contributed by atoms with Crippen molar-refractivity contribution in [3.8, 4) is 0 Å². The molecule has 2 aromatic rings. The number of ketones is 1. The van der Waals surface area contributed by atoms with E-state index in [0.717, 1.165) is 29.2 Å². The second-order valence-corrected chi connectivity index (χ2v) is 4.79. The van der Waals surface area contributed by atoms with Crippen LogP contribution in [0.15, 0.2) is 36.7 Å². The van der Waals surface area contributed by atoms with Gasteiger partial charge in [-0.15, -0.1) is 0 Å². The smallest absolute Gasteiger partial charge is 0.169 e. The van der Waals surface area contributed by atoms with Crippen LogP contribution in [0.1, 0.15) is 30.1 Å². The number of carbonyl (C=O) groups excluding carboxylic acids is 1. The molecule has 0 amide bonds. The van der Waals surface area contributed by atoms with Crippen LogP contribution in [-0.4, -0.2) is 10.8 Å². The summed E-state index contributed by atoms with van der Waals surface area (Å²) in [6, 6.07) is 7.78. The van der Waals surface area contributed by atoms with Gasteiger partial charge in [0.15, 0.2) is 5.78 Å². The van der Waals surface area contributed by atoms with Gasteiger partial charge in [-0.1, -0.05) is 25.1 Å². The van der Waals surface area contributed by atoms with E-state index in [0.29, 0.717) is 0 Å². The van der Waals surface area contributed by atoms with E-state index in [4.69, 9.17) is 0 Å². The Morgan fingerprint density at radius 1 is 1.31 bits per heavy atom. The van der Waals surface area contributed by atoms with Crippen molar-refractivity contribution in [3.63, 3.8) is 0 Å². The monoisotopic (exact) mass is 211 g/mol. The van der Waals surface area contributed by atoms with Crippen LogP contribution in [0.4, 0.5) is 0 Å². The Morgan fingerprint density at radius 3 is 2.88 bits per heavy atom. The molecular formula is C14H13NO. The predicted molar refractivity (Wildman–Crippen MR) is 63.4 cm³/mol. The Labute approximate surface area is 94.3 Å². The van der Waals surface area contributed by atoms with Gasteiger partial charge in [-0.05, 0) is 24.3 Å². The molecule has 1 heterocycles. The van der Waals surface area contributed by atoms with E-state index < -0.39 is 0 Å². The second kappa shape index (κ2) is 3.14. The van der Waals surface area contributed by atoms with Crippen molar-refractivity contribution in [1.82, 2.24) is 4.98 Å². The predicted octanol–water partition coefficient (Wildman–Crippen LogP) is 3.22. The minimum absolute atomic E-state index is 0.0996. The van der Waals surface area contributed by atoms with Gasteiger partial charge in [0.25, 0.3) is 0 Å². The summed E-state index contributed by atoms with van der Waals surface area (Å²) in [6.45, 7) is 2.05. The molecule has 16 heavy (non-hydrogen) atoms. The lowest BCUT2D eigenvalue weighted by atomic mass is 9.93. The largest absolute Gasteiger partial charge is 0.294 e. The number of hydrogen-bond acceptors (Lipinski definition) is 2. The zero-order chi connectivity index (χ0) is 11.2. The normalized spacial score (nSPS) is 17.3. The van der Waals surface area contributed by atoms with Crippen molar-refractivity contribution >= 4 is 16.6 Å². The highest BCUT2D eigenvalue weighted by molar-refractivity contribution is 6.11. The zero-order valence-corrected chi connectivity index (χ0v) is 9.23. The summed E-state index contributed by atoms with van der Waals surface area (Å²) in [5.41, 5.74) is 0.747. The summed E-state index contributed by atoms with van der Waals surface area (Å²) in [6.07, 6.45) is 5.59. The van der Waals surface area contributed by atoms with E-state index in [1.54, 1.807) is 12.4 Å². The van der Waals surface area contributed by atoms with E-state index in [2.05, 4.69) is 11.9 Å². The summed E-state index contributed by atoms with van der Waals surface area (Å²) in [5, 5.41) is 2.06. The molecule has 0 bridgehead atoms. The SMILES string of the molecule is CC1(C(=O)c2cccc3cnccc23)CC1. The highest BCUT2D eigenvalue weighted by Crippen LogP contribution is 2.48. The Kier molecular flexibility index (Phi) is 1.87. The van der Waals surface area contributed by atoms with Crippen molar-refractivity contribution < 1.29 is 4.79 Å². The molecule has 0 aliphatic heterocycles. The van der Waals surface area contributed by atoms with E-state index in [1.807, 2.05) is 24.3 Å². The average molecular weight is 211 g/mol. The molecule has 1 aliphatic carbocycles. The minimum atomic E-state index is -0.0996. The van der Waals surface area contributed by atoms with Crippen LogP contribution in [-0.2, 0) is 0 Å². The quantitative estimate of drug-likeness (QED) is 0.714. The van der Waals surface area contributed by atoms with Crippen LogP contribution in [0.5, 0.6) is 0 Å². The summed E-state index contributed by atoms with van der Waals surface area (Å²) in [7, 11) is 0. The number of carbonyl (C=O) groups is 1. The lowest BCUT2D eigenvalue weighted by Crippen LogP contribution is -2.12. The molecule has 3 rings (SSSR count). The van der Waals surface area contributed by atoms with E-state index in [-0.39, 0.29) is 11.2 Å². The van der Waals surface area contributed by atoms with Gasteiger partial charge in [0.2, 0.25) is 0 Å². The minimum Gasteiger partial charge on any atom is -0.294 e. The number of benzene rings is 1. The van der Waals surface area contributed by atoms with Crippen LogP contribution in [0.25, 0.3) is 10.8 Å². The van der Waals surface area contributed by atoms with Gasteiger partial charge in [-0.3, -0.25) is 9.78 Å². The van der Waals surface area contributed by atoms with Crippen LogP contribution < -0.4 is 0 Å². The Hall–Kier alpha value is -1.70. The summed E-state index contributed by atoms with van der Waals surface area (Å²) in [4.78, 5) is 16.4. The standard InChI is InChI=1S/C14H13NO/c1-14(6-7-14)13(16)12-4-2-3-10-9-15-8-5-11(10)12/h2-5,8-9H,6-7H2,1H3. The van der Waals surface area contributed by atoms with Gasteiger partial charge >= 0.3 is 0 Å². The highest BCUT2D eigenvalue weighted by Gasteiger charge is 2.45. The number of rotatable bonds is 2. The topological polar surface area (TPSA) is 30.0 Å². The number of aromatic nitrogens is 1. The van der Waals surface area contributed by atoms with Gasteiger partial charge in [0.05, 0.1) is 0 Å². The number of Topliss-reactive ketones (excluding diaryl/α,β-unsaturated/α-hetero) is 1. The number of hydrogen-bond donors (Lipinski definition) is 0. The molecule has 0 N–H and O–H groups in total. The maximum absolute atomic E-state index is 12.3. The van der Waals surface area contributed by atoms with Gasteiger partial charge in [0, 0.05) is 28.8 Å². The average Bonchev–Trinajstić information content (AvgIpc) is 3.07. The summed E-state index contributed by atoms with van der Waals surface area (Å²) in [5.74, 6) is 0.282. The van der Waals surface area contributed by atoms with Crippen molar-refractivity contribution in [2.24, 2.45) is 5.41 Å². The van der Waals surface area contributed by atoms with Gasteiger partial charge < -0.3 is 0 Å². The first-order valence-corrected chi connectivity index (χ1v) is 5.58. The third kappa shape index (κ3) is 1.33. The van der Waals surface area contributed by atoms with Crippen LogP contribution in [0, 0.1) is 5.41 Å². The van der Waals surface area contributed by atoms with Crippen molar-refractivity contribution in [3.05, 3.63) is 42.2 Å². The Morgan fingerprint density at radius 2 is 2.12 bits per heavy atom. The maximum Gasteiger partial charge on any atom is 0.169 e. The van der Waals surface area contributed by atoms with E-state index in [9.17, 15) is 4.79 Å². The lowest BCUT2D eigenvalue weighted by molar-refractivity contribution is 0.0914. The molecule has 0 saturated heterocycles. The van der Waals surface area contributed by atoms with Crippen molar-refractivity contribution in [2.75, 3.05) is 0 Å². The van der Waals surface area contributed by atoms with Crippen LogP contribution >= 0.6 is 0 Å². The maximum atomic E-state index is 12.3. The van der Waals surface area contributed by atoms with E-state index in [1.165, 1.54) is 0 Å². The summed E-state index contributed by atoms with van der Waals surface area (Å²) >= 11 is 0. The summed E-state index contributed by atoms with van der Waals surface area (Å²) < 4.78 is 0. The van der Waals surface area contributed by atoms with Gasteiger partial charge in [0.1, 0.15) is 0 Å². The number of nitrogens with zero attached hydrogens (tertiary/aromatic N) is 1. The molecule has 80 valence electrons. The molecule has 0 unspecified atom stereocenters. The third-order valence-corrected chi connectivity index (χ3v) is 3.47. The van der Waals surface area contributed by atoms with Gasteiger partial charge in [-0.2, -0.15) is 0 Å². The molecule has 0 atom stereocenters. The first kappa shape index (κ1) is 9.52. The lowest BCUT2D eigenvalue weighted by Gasteiger charge is -2.09. The van der Waals surface area contributed by atoms with Crippen molar-refractivity contribution in [2.45, 2.75) is 19.8 Å². The fourth-order valence-electron chi connectivity index (χ4n) is 2.06. The zero-order valence-electron chi connectivity index (χ0n) is 9.23. The fraction of sp³-hybridized carbons (Fsp3) is 0.286. The second-order valence-electron chi connectivity index (χ2n) is 4.79. The molecule has 1 aromatic heterocycles. The molecule has 2 heteroatoms. The first-order chi connectivity index (χ1) is 7.71.